The number of hydrogen-bond acceptors (Lipinski definition) is 4. The minimum absolute atomic E-state index is 0.0159. The summed E-state index contributed by atoms with van der Waals surface area (Å²) in [7, 11) is 1.82. The molecule has 2 N–H and O–H groups in total. The van der Waals surface area contributed by atoms with E-state index in [9.17, 15) is 4.79 Å². The summed E-state index contributed by atoms with van der Waals surface area (Å²) in [6, 6.07) is 12.0. The Hall–Kier alpha value is -2.54. The van der Waals surface area contributed by atoms with Crippen LogP contribution in [0.25, 0.3) is 0 Å². The van der Waals surface area contributed by atoms with Crippen molar-refractivity contribution in [3.8, 4) is 0 Å². The van der Waals surface area contributed by atoms with Gasteiger partial charge >= 0.3 is 0 Å². The summed E-state index contributed by atoms with van der Waals surface area (Å²) >= 11 is 1.79. The van der Waals surface area contributed by atoms with Crippen molar-refractivity contribution in [2.24, 2.45) is 4.99 Å². The first-order valence-electron chi connectivity index (χ1n) is 9.82. The van der Waals surface area contributed by atoms with Crippen molar-refractivity contribution in [2.75, 3.05) is 44.7 Å². The standard InChI is InChI=1S/C21H29N5OS/c1-3-9-23-20(27)18-7-4-6-17(15-18)16-24-21(22-2)26-12-10-25(11-13-26)19-8-5-14-28-19/h4-8,14-15H,3,9-13,16H2,1-2H3,(H,22,24)(H,23,27). The van der Waals surface area contributed by atoms with Gasteiger partial charge in [-0.05, 0) is 41.6 Å². The predicted octanol–water partition coefficient (Wildman–Crippen LogP) is 2.79. The molecule has 0 radical (unpaired) electrons. The highest BCUT2D eigenvalue weighted by Crippen LogP contribution is 2.22. The van der Waals surface area contributed by atoms with Gasteiger partial charge in [0.1, 0.15) is 0 Å². The normalized spacial score (nSPS) is 14.9. The first-order valence-corrected chi connectivity index (χ1v) is 10.7. The molecule has 3 rings (SSSR count). The topological polar surface area (TPSA) is 60.0 Å². The fraction of sp³-hybridized carbons (Fsp3) is 0.429. The van der Waals surface area contributed by atoms with Crippen LogP contribution in [-0.4, -0.2) is 56.5 Å². The van der Waals surface area contributed by atoms with E-state index in [1.165, 1.54) is 5.00 Å². The van der Waals surface area contributed by atoms with E-state index < -0.39 is 0 Å². The Morgan fingerprint density at radius 3 is 2.64 bits per heavy atom. The van der Waals surface area contributed by atoms with Gasteiger partial charge in [-0.25, -0.2) is 0 Å². The van der Waals surface area contributed by atoms with E-state index in [0.717, 1.165) is 44.1 Å². The van der Waals surface area contributed by atoms with Crippen LogP contribution < -0.4 is 15.5 Å². The second-order valence-corrected chi connectivity index (χ2v) is 7.71. The molecule has 0 bridgehead atoms. The second kappa shape index (κ2) is 10.1. The van der Waals surface area contributed by atoms with Crippen molar-refractivity contribution in [3.63, 3.8) is 0 Å². The summed E-state index contributed by atoms with van der Waals surface area (Å²) in [5.41, 5.74) is 1.77. The van der Waals surface area contributed by atoms with Gasteiger partial charge in [-0.3, -0.25) is 9.79 Å². The number of nitrogens with one attached hydrogen (secondary N) is 2. The number of rotatable bonds is 6. The monoisotopic (exact) mass is 399 g/mol. The van der Waals surface area contributed by atoms with Gasteiger partial charge in [0.25, 0.3) is 5.91 Å². The number of nitrogens with zero attached hydrogens (tertiary/aromatic N) is 3. The van der Waals surface area contributed by atoms with Crippen molar-refractivity contribution < 1.29 is 4.79 Å². The summed E-state index contributed by atoms with van der Waals surface area (Å²) in [5.74, 6) is 0.893. The number of aliphatic imine (C=N–C) groups is 1. The van der Waals surface area contributed by atoms with E-state index in [4.69, 9.17) is 0 Å². The number of thiophene rings is 1. The summed E-state index contributed by atoms with van der Waals surface area (Å²) in [5, 5.41) is 9.82. The second-order valence-electron chi connectivity index (χ2n) is 6.78. The molecular weight excluding hydrogens is 370 g/mol. The maximum absolute atomic E-state index is 12.2. The molecule has 0 unspecified atom stereocenters. The van der Waals surface area contributed by atoms with Gasteiger partial charge in [0, 0.05) is 51.9 Å². The number of carbonyl (C=O) groups is 1. The molecule has 1 aromatic carbocycles. The lowest BCUT2D eigenvalue weighted by Crippen LogP contribution is -2.52. The Morgan fingerprint density at radius 2 is 1.96 bits per heavy atom. The maximum Gasteiger partial charge on any atom is 0.251 e. The van der Waals surface area contributed by atoms with Crippen LogP contribution in [0.2, 0.25) is 0 Å². The van der Waals surface area contributed by atoms with E-state index in [2.05, 4.69) is 42.9 Å². The highest BCUT2D eigenvalue weighted by Gasteiger charge is 2.20. The number of piperazine rings is 1. The zero-order chi connectivity index (χ0) is 19.8. The lowest BCUT2D eigenvalue weighted by atomic mass is 10.1. The number of benzene rings is 1. The molecule has 7 heteroatoms. The fourth-order valence-corrected chi connectivity index (χ4v) is 4.05. The van der Waals surface area contributed by atoms with Crippen molar-refractivity contribution in [1.29, 1.82) is 0 Å². The molecule has 2 heterocycles. The molecule has 0 atom stereocenters. The van der Waals surface area contributed by atoms with Crippen molar-refractivity contribution in [1.82, 2.24) is 15.5 Å². The zero-order valence-corrected chi connectivity index (χ0v) is 17.5. The SMILES string of the molecule is CCCNC(=O)c1cccc(CNC(=NC)N2CCN(c3cccs3)CC2)c1. The highest BCUT2D eigenvalue weighted by molar-refractivity contribution is 7.14. The molecule has 0 spiro atoms. The van der Waals surface area contributed by atoms with Gasteiger partial charge in [0.2, 0.25) is 0 Å². The van der Waals surface area contributed by atoms with E-state index >= 15 is 0 Å². The minimum atomic E-state index is -0.0159. The number of anilines is 1. The van der Waals surface area contributed by atoms with Gasteiger partial charge in [-0.2, -0.15) is 0 Å². The van der Waals surface area contributed by atoms with E-state index in [1.807, 2.05) is 38.2 Å². The van der Waals surface area contributed by atoms with Crippen LogP contribution in [0.4, 0.5) is 5.00 Å². The summed E-state index contributed by atoms with van der Waals surface area (Å²) in [6.07, 6.45) is 0.934. The Morgan fingerprint density at radius 1 is 1.14 bits per heavy atom. The van der Waals surface area contributed by atoms with Crippen LogP contribution in [0.1, 0.15) is 29.3 Å². The van der Waals surface area contributed by atoms with Crippen molar-refractivity contribution >= 4 is 28.2 Å². The Kier molecular flexibility index (Phi) is 7.31. The first kappa shape index (κ1) is 20.2. The maximum atomic E-state index is 12.2. The largest absolute Gasteiger partial charge is 0.360 e. The summed E-state index contributed by atoms with van der Waals surface area (Å²) in [6.45, 7) is 7.27. The summed E-state index contributed by atoms with van der Waals surface area (Å²) in [4.78, 5) is 21.3. The van der Waals surface area contributed by atoms with Gasteiger partial charge < -0.3 is 20.4 Å². The Bertz CT molecular complexity index is 782. The molecule has 28 heavy (non-hydrogen) atoms. The van der Waals surface area contributed by atoms with Gasteiger partial charge in [0.15, 0.2) is 5.96 Å². The Labute approximate surface area is 171 Å². The fourth-order valence-electron chi connectivity index (χ4n) is 3.26. The molecule has 1 amide bonds. The zero-order valence-electron chi connectivity index (χ0n) is 16.6. The smallest absolute Gasteiger partial charge is 0.251 e. The average molecular weight is 400 g/mol. The number of carbonyl (C=O) groups excluding carboxylic acids is 1. The van der Waals surface area contributed by atoms with E-state index in [-0.39, 0.29) is 5.91 Å². The first-order chi connectivity index (χ1) is 13.7. The van der Waals surface area contributed by atoms with E-state index in [0.29, 0.717) is 18.7 Å². The van der Waals surface area contributed by atoms with Crippen molar-refractivity contribution in [3.05, 3.63) is 52.9 Å². The minimum Gasteiger partial charge on any atom is -0.360 e. The predicted molar refractivity (Wildman–Crippen MR) is 117 cm³/mol. The van der Waals surface area contributed by atoms with Crippen LogP contribution in [0.15, 0.2) is 46.8 Å². The quantitative estimate of drug-likeness (QED) is 0.579. The molecular formula is C21H29N5OS. The molecule has 0 saturated carbocycles. The molecule has 1 aromatic heterocycles. The average Bonchev–Trinajstić information content (AvgIpc) is 3.28. The molecule has 150 valence electrons. The summed E-state index contributed by atoms with van der Waals surface area (Å²) < 4.78 is 0. The molecule has 1 aliphatic heterocycles. The molecule has 2 aromatic rings. The van der Waals surface area contributed by atoms with Gasteiger partial charge in [-0.1, -0.05) is 19.1 Å². The van der Waals surface area contributed by atoms with Gasteiger partial charge in [-0.15, -0.1) is 11.3 Å². The number of hydrogen-bond donors (Lipinski definition) is 2. The molecule has 1 fully saturated rings. The lowest BCUT2D eigenvalue weighted by Gasteiger charge is -2.37. The van der Waals surface area contributed by atoms with Crippen LogP contribution >= 0.6 is 11.3 Å². The third-order valence-electron chi connectivity index (χ3n) is 4.78. The number of amides is 1. The third-order valence-corrected chi connectivity index (χ3v) is 5.71. The van der Waals surface area contributed by atoms with Gasteiger partial charge in [0.05, 0.1) is 5.00 Å². The molecule has 1 saturated heterocycles. The van der Waals surface area contributed by atoms with Crippen LogP contribution in [0.3, 0.4) is 0 Å². The van der Waals surface area contributed by atoms with Crippen LogP contribution in [0.5, 0.6) is 0 Å². The van der Waals surface area contributed by atoms with Crippen LogP contribution in [-0.2, 0) is 6.54 Å². The Balaban J connectivity index is 1.53. The van der Waals surface area contributed by atoms with E-state index in [1.54, 1.807) is 11.3 Å². The highest BCUT2D eigenvalue weighted by atomic mass is 32.1. The lowest BCUT2D eigenvalue weighted by molar-refractivity contribution is 0.0953. The molecule has 1 aliphatic rings. The van der Waals surface area contributed by atoms with Crippen molar-refractivity contribution in [2.45, 2.75) is 19.9 Å². The van der Waals surface area contributed by atoms with Crippen LogP contribution in [0, 0.1) is 0 Å². The molecule has 6 nitrogen and oxygen atoms in total. The number of guanidine groups is 1. The third kappa shape index (κ3) is 5.25. The molecule has 0 aliphatic carbocycles.